The molecule has 0 saturated heterocycles. The number of aromatic nitrogens is 3. The van der Waals surface area contributed by atoms with E-state index in [-0.39, 0.29) is 0 Å². The highest BCUT2D eigenvalue weighted by Gasteiger charge is 1.95. The van der Waals surface area contributed by atoms with Crippen molar-refractivity contribution in [2.45, 2.75) is 51.9 Å². The first-order chi connectivity index (χ1) is 7.43. The second-order valence-corrected chi connectivity index (χ2v) is 3.76. The van der Waals surface area contributed by atoms with Crippen LogP contribution in [0.2, 0.25) is 0 Å². The molecule has 0 aliphatic heterocycles. The van der Waals surface area contributed by atoms with Gasteiger partial charge in [-0.15, -0.1) is 0 Å². The summed E-state index contributed by atoms with van der Waals surface area (Å²) in [4.78, 5) is 11.9. The van der Waals surface area contributed by atoms with Gasteiger partial charge in [0, 0.05) is 6.42 Å². The first kappa shape index (κ1) is 12.1. The van der Waals surface area contributed by atoms with Crippen LogP contribution in [-0.4, -0.2) is 15.0 Å². The Bertz CT molecular complexity index is 236. The zero-order valence-electron chi connectivity index (χ0n) is 9.52. The molecule has 0 aliphatic rings. The molecule has 0 amide bonds. The molecule has 1 rings (SSSR count). The van der Waals surface area contributed by atoms with Crippen LogP contribution < -0.4 is 0 Å². The molecule has 83 valence electrons. The van der Waals surface area contributed by atoms with E-state index in [9.17, 15) is 0 Å². The monoisotopic (exact) mass is 206 g/mol. The SMILES string of the molecule is CCCCCCCC[CH]c1ncncn1. The van der Waals surface area contributed by atoms with Gasteiger partial charge in [0.15, 0.2) is 0 Å². The number of hydrogen-bond donors (Lipinski definition) is 0. The summed E-state index contributed by atoms with van der Waals surface area (Å²) in [6.45, 7) is 2.24. The van der Waals surface area contributed by atoms with Crippen molar-refractivity contribution >= 4 is 0 Å². The van der Waals surface area contributed by atoms with E-state index >= 15 is 0 Å². The molecule has 3 nitrogen and oxygen atoms in total. The number of hydrogen-bond acceptors (Lipinski definition) is 3. The maximum absolute atomic E-state index is 4.05. The lowest BCUT2D eigenvalue weighted by Crippen LogP contribution is -1.92. The third-order valence-corrected chi connectivity index (χ3v) is 2.40. The van der Waals surface area contributed by atoms with Crippen LogP contribution >= 0.6 is 0 Å². The molecule has 0 spiro atoms. The maximum atomic E-state index is 4.05. The molecule has 0 aliphatic carbocycles. The molecule has 1 aromatic rings. The highest BCUT2D eigenvalue weighted by Crippen LogP contribution is 2.09. The third-order valence-electron chi connectivity index (χ3n) is 2.40. The number of rotatable bonds is 8. The Morgan fingerprint density at radius 1 is 1.00 bits per heavy atom. The number of nitrogens with zero attached hydrogens (tertiary/aromatic N) is 3. The summed E-state index contributed by atoms with van der Waals surface area (Å²) in [7, 11) is 0. The minimum Gasteiger partial charge on any atom is -0.225 e. The van der Waals surface area contributed by atoms with Crippen LogP contribution in [0.15, 0.2) is 12.7 Å². The van der Waals surface area contributed by atoms with E-state index in [0.29, 0.717) is 0 Å². The van der Waals surface area contributed by atoms with Crippen molar-refractivity contribution in [1.82, 2.24) is 15.0 Å². The molecule has 1 radical (unpaired) electrons. The third kappa shape index (κ3) is 6.15. The van der Waals surface area contributed by atoms with Crippen LogP contribution in [0.4, 0.5) is 0 Å². The fraction of sp³-hybridized carbons (Fsp3) is 0.667. The molecule has 3 heteroatoms. The predicted octanol–water partition coefficient (Wildman–Crippen LogP) is 3.17. The van der Waals surface area contributed by atoms with Crippen LogP contribution in [0.25, 0.3) is 0 Å². The van der Waals surface area contributed by atoms with Gasteiger partial charge in [-0.25, -0.2) is 15.0 Å². The van der Waals surface area contributed by atoms with Crippen LogP contribution in [0.1, 0.15) is 57.7 Å². The minimum absolute atomic E-state index is 0.804. The highest BCUT2D eigenvalue weighted by molar-refractivity contribution is 4.96. The highest BCUT2D eigenvalue weighted by atomic mass is 15.0. The molecule has 15 heavy (non-hydrogen) atoms. The molecule has 0 N–H and O–H groups in total. The van der Waals surface area contributed by atoms with E-state index in [2.05, 4.69) is 28.3 Å². The normalized spacial score (nSPS) is 10.5. The summed E-state index contributed by atoms with van der Waals surface area (Å²) in [6, 6.07) is 0. The van der Waals surface area contributed by atoms with E-state index in [4.69, 9.17) is 0 Å². The molecule has 1 aromatic heterocycles. The summed E-state index contributed by atoms with van der Waals surface area (Å²) in [5.41, 5.74) is 0. The fourth-order valence-electron chi connectivity index (χ4n) is 1.51. The zero-order chi connectivity index (χ0) is 10.8. The molecule has 0 saturated carbocycles. The van der Waals surface area contributed by atoms with Crippen molar-refractivity contribution in [3.63, 3.8) is 0 Å². The second-order valence-electron chi connectivity index (χ2n) is 3.76. The number of unbranched alkanes of at least 4 members (excludes halogenated alkanes) is 6. The Hall–Kier alpha value is -0.990. The van der Waals surface area contributed by atoms with Gasteiger partial charge < -0.3 is 0 Å². The lowest BCUT2D eigenvalue weighted by atomic mass is 10.1. The van der Waals surface area contributed by atoms with E-state index in [1.165, 1.54) is 38.5 Å². The zero-order valence-corrected chi connectivity index (χ0v) is 9.52. The van der Waals surface area contributed by atoms with E-state index in [1.807, 2.05) is 0 Å². The summed E-state index contributed by atoms with van der Waals surface area (Å²) in [5.74, 6) is 0.804. The van der Waals surface area contributed by atoms with Crippen molar-refractivity contribution in [2.75, 3.05) is 0 Å². The first-order valence-corrected chi connectivity index (χ1v) is 5.88. The standard InChI is InChI=1S/C12H20N3/c1-2-3-4-5-6-7-8-9-12-14-10-13-11-15-12/h9-11H,2-8H2,1H3. The van der Waals surface area contributed by atoms with Gasteiger partial charge in [-0.2, -0.15) is 0 Å². The topological polar surface area (TPSA) is 38.7 Å². The van der Waals surface area contributed by atoms with Crippen molar-refractivity contribution in [3.05, 3.63) is 24.9 Å². The summed E-state index contributed by atoms with van der Waals surface area (Å²) in [6.07, 6.45) is 14.2. The smallest absolute Gasteiger partial charge is 0.135 e. The lowest BCUT2D eigenvalue weighted by Gasteiger charge is -2.00. The average molecular weight is 206 g/mol. The van der Waals surface area contributed by atoms with Gasteiger partial charge in [0.05, 0.1) is 0 Å². The van der Waals surface area contributed by atoms with E-state index in [1.54, 1.807) is 12.7 Å². The molecular weight excluding hydrogens is 186 g/mol. The van der Waals surface area contributed by atoms with Crippen LogP contribution in [0, 0.1) is 6.42 Å². The molecule has 0 unspecified atom stereocenters. The molecule has 0 atom stereocenters. The fourth-order valence-corrected chi connectivity index (χ4v) is 1.51. The van der Waals surface area contributed by atoms with Crippen LogP contribution in [0.5, 0.6) is 0 Å². The van der Waals surface area contributed by atoms with Gasteiger partial charge in [0.2, 0.25) is 0 Å². The van der Waals surface area contributed by atoms with Crippen molar-refractivity contribution in [3.8, 4) is 0 Å². The van der Waals surface area contributed by atoms with Crippen LogP contribution in [0.3, 0.4) is 0 Å². The molecule has 1 heterocycles. The Morgan fingerprint density at radius 2 is 1.67 bits per heavy atom. The Labute approximate surface area is 92.4 Å². The molecule has 0 bridgehead atoms. The molecule has 0 fully saturated rings. The maximum Gasteiger partial charge on any atom is 0.135 e. The molecule has 0 aromatic carbocycles. The quantitative estimate of drug-likeness (QED) is 0.613. The van der Waals surface area contributed by atoms with Crippen LogP contribution in [-0.2, 0) is 0 Å². The van der Waals surface area contributed by atoms with E-state index < -0.39 is 0 Å². The lowest BCUT2D eigenvalue weighted by molar-refractivity contribution is 0.605. The van der Waals surface area contributed by atoms with Crippen molar-refractivity contribution < 1.29 is 0 Å². The van der Waals surface area contributed by atoms with Gasteiger partial charge in [-0.05, 0) is 6.42 Å². The predicted molar refractivity (Wildman–Crippen MR) is 61.2 cm³/mol. The molecular formula is C12H20N3. The Morgan fingerprint density at radius 3 is 2.40 bits per heavy atom. The van der Waals surface area contributed by atoms with Gasteiger partial charge in [-0.1, -0.05) is 45.4 Å². The summed E-state index contributed by atoms with van der Waals surface area (Å²) >= 11 is 0. The Kier molecular flexibility index (Phi) is 6.71. The van der Waals surface area contributed by atoms with Gasteiger partial charge in [0.1, 0.15) is 18.5 Å². The second kappa shape index (κ2) is 8.33. The average Bonchev–Trinajstić information content (AvgIpc) is 2.29. The Balaban J connectivity index is 1.93. The minimum atomic E-state index is 0.804. The van der Waals surface area contributed by atoms with E-state index in [0.717, 1.165) is 12.2 Å². The van der Waals surface area contributed by atoms with Crippen molar-refractivity contribution in [1.29, 1.82) is 0 Å². The van der Waals surface area contributed by atoms with Gasteiger partial charge in [-0.3, -0.25) is 0 Å². The largest absolute Gasteiger partial charge is 0.225 e. The summed E-state index contributed by atoms with van der Waals surface area (Å²) in [5, 5.41) is 0. The van der Waals surface area contributed by atoms with Gasteiger partial charge >= 0.3 is 0 Å². The van der Waals surface area contributed by atoms with Gasteiger partial charge in [0.25, 0.3) is 0 Å². The first-order valence-electron chi connectivity index (χ1n) is 5.88. The summed E-state index contributed by atoms with van der Waals surface area (Å²) < 4.78 is 0. The van der Waals surface area contributed by atoms with Crippen molar-refractivity contribution in [2.24, 2.45) is 0 Å².